The zero-order valence-electron chi connectivity index (χ0n) is 21.9. The van der Waals surface area contributed by atoms with Crippen molar-refractivity contribution in [2.24, 2.45) is 5.41 Å². The molecule has 38 heavy (non-hydrogen) atoms. The number of nitrogens with zero attached hydrogens (tertiary/aromatic N) is 2. The minimum atomic E-state index is -4.39. The Morgan fingerprint density at radius 1 is 1.11 bits per heavy atom. The fraction of sp³-hybridized carbons (Fsp3) is 0.448. The van der Waals surface area contributed by atoms with Gasteiger partial charge in [-0.3, -0.25) is 9.69 Å². The number of oxazole rings is 1. The first-order chi connectivity index (χ1) is 18.1. The van der Waals surface area contributed by atoms with Crippen molar-refractivity contribution in [3.8, 4) is 17.2 Å². The van der Waals surface area contributed by atoms with Crippen LogP contribution in [0.1, 0.15) is 55.7 Å². The molecule has 1 fully saturated rings. The van der Waals surface area contributed by atoms with Gasteiger partial charge in [-0.15, -0.1) is 0 Å². The third-order valence-corrected chi connectivity index (χ3v) is 7.10. The van der Waals surface area contributed by atoms with Crippen molar-refractivity contribution in [1.29, 1.82) is 0 Å². The smallest absolute Gasteiger partial charge is 0.416 e. The molecule has 1 unspecified atom stereocenters. The molecule has 9 heteroatoms. The van der Waals surface area contributed by atoms with Crippen molar-refractivity contribution in [2.45, 2.75) is 59.4 Å². The van der Waals surface area contributed by atoms with Crippen LogP contribution in [-0.4, -0.2) is 35.5 Å². The summed E-state index contributed by atoms with van der Waals surface area (Å²) in [5.41, 5.74) is 0.999. The van der Waals surface area contributed by atoms with Gasteiger partial charge >= 0.3 is 12.1 Å². The molecular formula is C29H33F3N2O4. The quantitative estimate of drug-likeness (QED) is 0.284. The van der Waals surface area contributed by atoms with E-state index in [1.807, 2.05) is 31.2 Å². The SMILES string of the molecule is CCOC(=O)C1(CC)CCCN(Cc2ccc(OCc3nc(-c4ccc(C(F)(F)F)cc4)oc3C)cc2)C1. The average Bonchev–Trinajstić information content (AvgIpc) is 3.28. The number of aryl methyl sites for hydroxylation is 1. The van der Waals surface area contributed by atoms with Crippen molar-refractivity contribution < 1.29 is 31.9 Å². The fourth-order valence-corrected chi connectivity index (χ4v) is 4.83. The van der Waals surface area contributed by atoms with Gasteiger partial charge in [0.15, 0.2) is 0 Å². The van der Waals surface area contributed by atoms with E-state index in [0.717, 1.165) is 50.0 Å². The number of alkyl halides is 3. The van der Waals surface area contributed by atoms with Gasteiger partial charge in [-0.2, -0.15) is 13.2 Å². The number of hydrogen-bond donors (Lipinski definition) is 0. The van der Waals surface area contributed by atoms with E-state index in [1.165, 1.54) is 12.1 Å². The normalized spacial score (nSPS) is 18.4. The van der Waals surface area contributed by atoms with Gasteiger partial charge in [-0.1, -0.05) is 19.1 Å². The van der Waals surface area contributed by atoms with Gasteiger partial charge in [0.1, 0.15) is 23.8 Å². The zero-order valence-corrected chi connectivity index (χ0v) is 21.9. The van der Waals surface area contributed by atoms with E-state index in [1.54, 1.807) is 6.92 Å². The summed E-state index contributed by atoms with van der Waals surface area (Å²) in [6, 6.07) is 12.5. The average molecular weight is 531 g/mol. The molecular weight excluding hydrogens is 497 g/mol. The molecule has 1 saturated heterocycles. The maximum absolute atomic E-state index is 12.8. The van der Waals surface area contributed by atoms with E-state index < -0.39 is 17.2 Å². The van der Waals surface area contributed by atoms with E-state index >= 15 is 0 Å². The van der Waals surface area contributed by atoms with Crippen LogP contribution >= 0.6 is 0 Å². The number of carbonyl (C=O) groups excluding carboxylic acids is 1. The summed E-state index contributed by atoms with van der Waals surface area (Å²) < 4.78 is 55.4. The first-order valence-electron chi connectivity index (χ1n) is 12.9. The van der Waals surface area contributed by atoms with Crippen LogP contribution in [-0.2, 0) is 28.9 Å². The number of benzene rings is 2. The molecule has 1 atom stereocenters. The van der Waals surface area contributed by atoms with Gasteiger partial charge in [-0.05, 0) is 81.6 Å². The van der Waals surface area contributed by atoms with Crippen molar-refractivity contribution in [3.63, 3.8) is 0 Å². The van der Waals surface area contributed by atoms with Crippen LogP contribution in [0.3, 0.4) is 0 Å². The summed E-state index contributed by atoms with van der Waals surface area (Å²) in [4.78, 5) is 19.3. The molecule has 204 valence electrons. The molecule has 1 aliphatic heterocycles. The summed E-state index contributed by atoms with van der Waals surface area (Å²) in [6.07, 6.45) is -1.82. The summed E-state index contributed by atoms with van der Waals surface area (Å²) in [6.45, 7) is 8.56. The Kier molecular flexibility index (Phi) is 8.45. The fourth-order valence-electron chi connectivity index (χ4n) is 4.83. The topological polar surface area (TPSA) is 64.8 Å². The van der Waals surface area contributed by atoms with Crippen LogP contribution < -0.4 is 4.74 Å². The van der Waals surface area contributed by atoms with E-state index in [2.05, 4.69) is 16.8 Å². The lowest BCUT2D eigenvalue weighted by Gasteiger charge is -2.40. The highest BCUT2D eigenvalue weighted by atomic mass is 19.4. The number of carbonyl (C=O) groups is 1. The molecule has 0 N–H and O–H groups in total. The molecule has 2 heterocycles. The molecule has 1 aliphatic rings. The van der Waals surface area contributed by atoms with E-state index in [4.69, 9.17) is 13.9 Å². The highest BCUT2D eigenvalue weighted by Gasteiger charge is 2.41. The first-order valence-corrected chi connectivity index (χ1v) is 12.9. The maximum Gasteiger partial charge on any atom is 0.416 e. The van der Waals surface area contributed by atoms with Crippen LogP contribution in [0, 0.1) is 12.3 Å². The van der Waals surface area contributed by atoms with E-state index in [0.29, 0.717) is 35.9 Å². The largest absolute Gasteiger partial charge is 0.487 e. The summed E-state index contributed by atoms with van der Waals surface area (Å²) in [7, 11) is 0. The Morgan fingerprint density at radius 2 is 1.82 bits per heavy atom. The second-order valence-corrected chi connectivity index (χ2v) is 9.70. The van der Waals surface area contributed by atoms with Gasteiger partial charge in [0.05, 0.1) is 17.6 Å². The van der Waals surface area contributed by atoms with Crippen molar-refractivity contribution >= 4 is 5.97 Å². The van der Waals surface area contributed by atoms with Gasteiger partial charge in [-0.25, -0.2) is 4.98 Å². The maximum atomic E-state index is 12.8. The predicted octanol–water partition coefficient (Wildman–Crippen LogP) is 6.80. The molecule has 2 aromatic carbocycles. The Hall–Kier alpha value is -3.33. The molecule has 0 amide bonds. The summed E-state index contributed by atoms with van der Waals surface area (Å²) in [5.74, 6) is 1.36. The van der Waals surface area contributed by atoms with Crippen molar-refractivity contribution in [3.05, 3.63) is 71.1 Å². The monoisotopic (exact) mass is 530 g/mol. The highest BCUT2D eigenvalue weighted by Crippen LogP contribution is 2.36. The minimum absolute atomic E-state index is 0.0967. The molecule has 1 aromatic heterocycles. The van der Waals surface area contributed by atoms with Gasteiger partial charge < -0.3 is 13.9 Å². The number of halogens is 3. The Balaban J connectivity index is 1.34. The lowest BCUT2D eigenvalue weighted by atomic mass is 9.77. The third-order valence-electron chi connectivity index (χ3n) is 7.10. The second kappa shape index (κ2) is 11.6. The van der Waals surface area contributed by atoms with E-state index in [-0.39, 0.29) is 18.5 Å². The Bertz CT molecular complexity index is 1220. The molecule has 0 saturated carbocycles. The van der Waals surface area contributed by atoms with E-state index in [9.17, 15) is 18.0 Å². The second-order valence-electron chi connectivity index (χ2n) is 9.70. The van der Waals surface area contributed by atoms with Crippen LogP contribution in [0.25, 0.3) is 11.5 Å². The number of aromatic nitrogens is 1. The molecule has 4 rings (SSSR count). The van der Waals surface area contributed by atoms with Crippen LogP contribution in [0.4, 0.5) is 13.2 Å². The molecule has 6 nitrogen and oxygen atoms in total. The number of esters is 1. The highest BCUT2D eigenvalue weighted by molar-refractivity contribution is 5.77. The molecule has 3 aromatic rings. The standard InChI is InChI=1S/C29H33F3N2O4/c1-4-28(27(35)36-5-2)15-6-16-34(19-28)17-21-7-13-24(14-8-21)37-18-25-20(3)38-26(33-25)22-9-11-23(12-10-22)29(30,31)32/h7-14H,4-6,15-19H2,1-3H3. The molecule has 0 aliphatic carbocycles. The number of hydrogen-bond acceptors (Lipinski definition) is 6. The number of rotatable bonds is 9. The van der Waals surface area contributed by atoms with Gasteiger partial charge in [0.25, 0.3) is 0 Å². The van der Waals surface area contributed by atoms with Crippen LogP contribution in [0.5, 0.6) is 5.75 Å². The van der Waals surface area contributed by atoms with Gasteiger partial charge in [0, 0.05) is 18.7 Å². The van der Waals surface area contributed by atoms with Crippen molar-refractivity contribution in [2.75, 3.05) is 19.7 Å². The zero-order chi connectivity index (χ0) is 27.3. The van der Waals surface area contributed by atoms with Gasteiger partial charge in [0.2, 0.25) is 5.89 Å². The molecule has 0 radical (unpaired) electrons. The summed E-state index contributed by atoms with van der Waals surface area (Å²) >= 11 is 0. The lowest BCUT2D eigenvalue weighted by Crippen LogP contribution is -2.47. The number of likely N-dealkylation sites (tertiary alicyclic amines) is 1. The molecule has 0 bridgehead atoms. The predicted molar refractivity (Wildman–Crippen MR) is 136 cm³/mol. The lowest BCUT2D eigenvalue weighted by molar-refractivity contribution is -0.159. The number of ether oxygens (including phenoxy) is 2. The van der Waals surface area contributed by atoms with Crippen LogP contribution in [0.2, 0.25) is 0 Å². The minimum Gasteiger partial charge on any atom is -0.487 e. The Labute approximate surface area is 220 Å². The van der Waals surface area contributed by atoms with Crippen molar-refractivity contribution in [1.82, 2.24) is 9.88 Å². The first kappa shape index (κ1) is 27.7. The van der Waals surface area contributed by atoms with Crippen LogP contribution in [0.15, 0.2) is 52.9 Å². The Morgan fingerprint density at radius 3 is 2.45 bits per heavy atom. The molecule has 0 spiro atoms. The number of piperidine rings is 1. The summed E-state index contributed by atoms with van der Waals surface area (Å²) in [5, 5.41) is 0. The third kappa shape index (κ3) is 6.38.